The minimum atomic E-state index is 0.401. The molecule has 0 bridgehead atoms. The first-order valence-corrected chi connectivity index (χ1v) is 8.23. The van der Waals surface area contributed by atoms with Crippen molar-refractivity contribution in [2.24, 2.45) is 0 Å². The number of methoxy groups -OCH3 is 2. The molecule has 0 aliphatic carbocycles. The van der Waals surface area contributed by atoms with Crippen LogP contribution in [-0.2, 0) is 0 Å². The Balaban J connectivity index is 1.75. The van der Waals surface area contributed by atoms with E-state index < -0.39 is 0 Å². The molecule has 2 aromatic carbocycles. The summed E-state index contributed by atoms with van der Waals surface area (Å²) in [6.07, 6.45) is 3.15. The van der Waals surface area contributed by atoms with Crippen LogP contribution in [0.3, 0.4) is 0 Å². The van der Waals surface area contributed by atoms with E-state index in [1.165, 1.54) is 6.33 Å². The van der Waals surface area contributed by atoms with Gasteiger partial charge in [-0.05, 0) is 24.3 Å². The van der Waals surface area contributed by atoms with Gasteiger partial charge in [0.05, 0.1) is 30.9 Å². The first-order chi connectivity index (χ1) is 13.2. The molecule has 0 radical (unpaired) electrons. The van der Waals surface area contributed by atoms with Gasteiger partial charge in [0, 0.05) is 6.07 Å². The third kappa shape index (κ3) is 2.97. The van der Waals surface area contributed by atoms with Gasteiger partial charge in [0.2, 0.25) is 0 Å². The van der Waals surface area contributed by atoms with Crippen LogP contribution in [0.4, 0.5) is 17.2 Å². The number of imidazole rings is 1. The Morgan fingerprint density at radius 3 is 2.67 bits per heavy atom. The van der Waals surface area contributed by atoms with Crippen molar-refractivity contribution in [3.8, 4) is 17.3 Å². The van der Waals surface area contributed by atoms with Gasteiger partial charge >= 0.3 is 0 Å². The standard InChI is InChI=1S/C19H18N6O2/c1-26-12-7-8-14(16(9-12)27-2)24-18-17(20)19(22-10-21-18)25-11-23-13-5-3-4-6-15(13)25/h3-11H,20H2,1-2H3,(H,21,22,24). The van der Waals surface area contributed by atoms with Crippen LogP contribution in [0, 0.1) is 0 Å². The SMILES string of the molecule is COc1ccc(Nc2ncnc(-n3cnc4ccccc43)c2N)c(OC)c1. The second-order valence-electron chi connectivity index (χ2n) is 5.75. The number of hydrogen-bond donors (Lipinski definition) is 2. The Kier molecular flexibility index (Phi) is 4.21. The molecule has 8 heteroatoms. The summed E-state index contributed by atoms with van der Waals surface area (Å²) >= 11 is 0. The smallest absolute Gasteiger partial charge is 0.167 e. The average molecular weight is 362 g/mol. The van der Waals surface area contributed by atoms with Gasteiger partial charge in [-0.3, -0.25) is 4.57 Å². The quantitative estimate of drug-likeness (QED) is 0.562. The number of hydrogen-bond acceptors (Lipinski definition) is 7. The highest BCUT2D eigenvalue weighted by Gasteiger charge is 2.14. The van der Waals surface area contributed by atoms with E-state index in [2.05, 4.69) is 20.3 Å². The lowest BCUT2D eigenvalue weighted by molar-refractivity contribution is 0.395. The number of para-hydroxylation sites is 2. The number of benzene rings is 2. The molecule has 136 valence electrons. The van der Waals surface area contributed by atoms with Crippen LogP contribution in [0.25, 0.3) is 16.9 Å². The molecule has 3 N–H and O–H groups in total. The Labute approximate surface area is 155 Å². The fourth-order valence-corrected chi connectivity index (χ4v) is 2.84. The summed E-state index contributed by atoms with van der Waals surface area (Å²) in [5, 5.41) is 3.20. The van der Waals surface area contributed by atoms with Crippen molar-refractivity contribution < 1.29 is 9.47 Å². The number of ether oxygens (including phenoxy) is 2. The molecule has 2 heterocycles. The van der Waals surface area contributed by atoms with Gasteiger partial charge in [-0.25, -0.2) is 15.0 Å². The molecule has 0 aliphatic heterocycles. The Hall–Kier alpha value is -3.81. The first-order valence-electron chi connectivity index (χ1n) is 8.23. The highest BCUT2D eigenvalue weighted by molar-refractivity contribution is 5.81. The minimum absolute atomic E-state index is 0.401. The number of nitrogens with one attached hydrogen (secondary N) is 1. The van der Waals surface area contributed by atoms with Crippen LogP contribution < -0.4 is 20.5 Å². The summed E-state index contributed by atoms with van der Waals surface area (Å²) in [4.78, 5) is 13.0. The van der Waals surface area contributed by atoms with Crippen LogP contribution in [0.1, 0.15) is 0 Å². The Morgan fingerprint density at radius 2 is 1.85 bits per heavy atom. The van der Waals surface area contributed by atoms with Gasteiger partial charge in [-0.1, -0.05) is 12.1 Å². The monoisotopic (exact) mass is 362 g/mol. The fraction of sp³-hybridized carbons (Fsp3) is 0.105. The van der Waals surface area contributed by atoms with E-state index in [0.717, 1.165) is 11.0 Å². The molecule has 0 fully saturated rings. The lowest BCUT2D eigenvalue weighted by Crippen LogP contribution is -2.07. The van der Waals surface area contributed by atoms with Crippen LogP contribution in [0.2, 0.25) is 0 Å². The molecule has 0 atom stereocenters. The van der Waals surface area contributed by atoms with E-state index in [-0.39, 0.29) is 0 Å². The van der Waals surface area contributed by atoms with E-state index in [1.807, 2.05) is 41.0 Å². The highest BCUT2D eigenvalue weighted by Crippen LogP contribution is 2.33. The highest BCUT2D eigenvalue weighted by atomic mass is 16.5. The summed E-state index contributed by atoms with van der Waals surface area (Å²) in [5.41, 5.74) is 9.25. The normalized spacial score (nSPS) is 10.7. The maximum absolute atomic E-state index is 6.36. The van der Waals surface area contributed by atoms with Gasteiger partial charge < -0.3 is 20.5 Å². The molecule has 0 spiro atoms. The predicted molar refractivity (Wildman–Crippen MR) is 104 cm³/mol. The number of nitrogens with two attached hydrogens (primary N) is 1. The van der Waals surface area contributed by atoms with Crippen LogP contribution in [0.15, 0.2) is 55.1 Å². The first kappa shape index (κ1) is 16.6. The minimum Gasteiger partial charge on any atom is -0.497 e. The zero-order valence-corrected chi connectivity index (χ0v) is 14.9. The van der Waals surface area contributed by atoms with Crippen molar-refractivity contribution in [3.63, 3.8) is 0 Å². The fourth-order valence-electron chi connectivity index (χ4n) is 2.84. The number of aromatic nitrogens is 4. The molecule has 4 rings (SSSR count). The zero-order valence-electron chi connectivity index (χ0n) is 14.9. The molecule has 0 saturated heterocycles. The van der Waals surface area contributed by atoms with Crippen molar-refractivity contribution in [1.29, 1.82) is 0 Å². The second-order valence-corrected chi connectivity index (χ2v) is 5.75. The number of nitrogen functional groups attached to an aromatic ring is 1. The summed E-state index contributed by atoms with van der Waals surface area (Å²) in [6.45, 7) is 0. The van der Waals surface area contributed by atoms with Gasteiger partial charge in [0.15, 0.2) is 11.6 Å². The van der Waals surface area contributed by atoms with Crippen LogP contribution in [0.5, 0.6) is 11.5 Å². The third-order valence-corrected chi connectivity index (χ3v) is 4.21. The molecule has 4 aromatic rings. The van der Waals surface area contributed by atoms with Crippen molar-refractivity contribution in [2.45, 2.75) is 0 Å². The Morgan fingerprint density at radius 1 is 1.00 bits per heavy atom. The Bertz CT molecular complexity index is 1110. The van der Waals surface area contributed by atoms with E-state index in [0.29, 0.717) is 34.5 Å². The van der Waals surface area contributed by atoms with Gasteiger partial charge in [-0.15, -0.1) is 0 Å². The van der Waals surface area contributed by atoms with E-state index in [1.54, 1.807) is 26.6 Å². The second kappa shape index (κ2) is 6.83. The molecule has 27 heavy (non-hydrogen) atoms. The van der Waals surface area contributed by atoms with Crippen molar-refractivity contribution in [2.75, 3.05) is 25.3 Å². The summed E-state index contributed by atoms with van der Waals surface area (Å²) in [7, 11) is 3.19. The lowest BCUT2D eigenvalue weighted by atomic mass is 10.2. The number of nitrogens with zero attached hydrogens (tertiary/aromatic N) is 4. The van der Waals surface area contributed by atoms with Crippen molar-refractivity contribution in [1.82, 2.24) is 19.5 Å². The largest absolute Gasteiger partial charge is 0.497 e. The van der Waals surface area contributed by atoms with E-state index >= 15 is 0 Å². The van der Waals surface area contributed by atoms with Crippen molar-refractivity contribution in [3.05, 3.63) is 55.1 Å². The molecular weight excluding hydrogens is 344 g/mol. The zero-order chi connectivity index (χ0) is 18.8. The number of anilines is 3. The number of fused-ring (bicyclic) bond motifs is 1. The molecule has 0 aliphatic rings. The maximum atomic E-state index is 6.36. The van der Waals surface area contributed by atoms with Gasteiger partial charge in [0.25, 0.3) is 0 Å². The number of rotatable bonds is 5. The molecular formula is C19H18N6O2. The summed E-state index contributed by atoms with van der Waals surface area (Å²) in [6, 6.07) is 13.2. The van der Waals surface area contributed by atoms with E-state index in [9.17, 15) is 0 Å². The molecule has 0 saturated carbocycles. The van der Waals surface area contributed by atoms with Crippen molar-refractivity contribution >= 4 is 28.2 Å². The lowest BCUT2D eigenvalue weighted by Gasteiger charge is -2.15. The van der Waals surface area contributed by atoms with Crippen LogP contribution >= 0.6 is 0 Å². The molecule has 0 amide bonds. The summed E-state index contributed by atoms with van der Waals surface area (Å²) < 4.78 is 12.5. The summed E-state index contributed by atoms with van der Waals surface area (Å²) in [5.74, 6) is 2.33. The average Bonchev–Trinajstić information content (AvgIpc) is 3.14. The van der Waals surface area contributed by atoms with E-state index in [4.69, 9.17) is 15.2 Å². The maximum Gasteiger partial charge on any atom is 0.167 e. The van der Waals surface area contributed by atoms with Gasteiger partial charge in [-0.2, -0.15) is 0 Å². The topological polar surface area (TPSA) is 100 Å². The molecule has 2 aromatic heterocycles. The molecule has 0 unspecified atom stereocenters. The van der Waals surface area contributed by atoms with Gasteiger partial charge in [0.1, 0.15) is 29.8 Å². The molecule has 8 nitrogen and oxygen atoms in total. The predicted octanol–water partition coefficient (Wildman–Crippen LogP) is 3.16. The van der Waals surface area contributed by atoms with Crippen LogP contribution in [-0.4, -0.2) is 33.7 Å². The third-order valence-electron chi connectivity index (χ3n) is 4.21.